The van der Waals surface area contributed by atoms with Gasteiger partial charge in [0.25, 0.3) is 0 Å². The van der Waals surface area contributed by atoms with E-state index in [2.05, 4.69) is 34.1 Å². The molecular formula is C14H11ClN4. The Morgan fingerprint density at radius 3 is 2.42 bits per heavy atom. The van der Waals surface area contributed by atoms with Gasteiger partial charge in [0.15, 0.2) is 0 Å². The van der Waals surface area contributed by atoms with Crippen molar-refractivity contribution in [3.8, 4) is 17.1 Å². The van der Waals surface area contributed by atoms with Crippen molar-refractivity contribution in [1.82, 2.24) is 19.7 Å². The zero-order valence-electron chi connectivity index (χ0n) is 10.3. The second-order valence-electron chi connectivity index (χ2n) is 4.21. The molecule has 94 valence electrons. The zero-order valence-corrected chi connectivity index (χ0v) is 11.0. The molecule has 2 aromatic heterocycles. The molecule has 3 aromatic rings. The minimum absolute atomic E-state index is 0.377. The normalized spacial score (nSPS) is 10.6. The first-order valence-corrected chi connectivity index (χ1v) is 6.21. The van der Waals surface area contributed by atoms with E-state index < -0.39 is 0 Å². The Kier molecular flexibility index (Phi) is 3.01. The van der Waals surface area contributed by atoms with Crippen LogP contribution in [0.15, 0.2) is 48.9 Å². The summed E-state index contributed by atoms with van der Waals surface area (Å²) in [5, 5.41) is 4.86. The minimum atomic E-state index is 0.377. The number of aromatic nitrogens is 4. The molecule has 0 N–H and O–H groups in total. The lowest BCUT2D eigenvalue weighted by Crippen LogP contribution is -1.95. The highest BCUT2D eigenvalue weighted by Crippen LogP contribution is 2.16. The zero-order chi connectivity index (χ0) is 13.2. The van der Waals surface area contributed by atoms with E-state index in [4.69, 9.17) is 11.6 Å². The number of hydrogen-bond donors (Lipinski definition) is 0. The van der Waals surface area contributed by atoms with E-state index >= 15 is 0 Å². The summed E-state index contributed by atoms with van der Waals surface area (Å²) in [6.45, 7) is 2.06. The molecule has 0 fully saturated rings. The van der Waals surface area contributed by atoms with Crippen molar-refractivity contribution in [2.24, 2.45) is 0 Å². The van der Waals surface area contributed by atoms with Crippen LogP contribution in [0, 0.1) is 6.92 Å². The van der Waals surface area contributed by atoms with Crippen molar-refractivity contribution in [1.29, 1.82) is 0 Å². The van der Waals surface area contributed by atoms with Crippen molar-refractivity contribution in [2.45, 2.75) is 6.92 Å². The molecule has 0 unspecified atom stereocenters. The average Bonchev–Trinajstić information content (AvgIpc) is 2.90. The molecular weight excluding hydrogens is 260 g/mol. The van der Waals surface area contributed by atoms with Gasteiger partial charge < -0.3 is 0 Å². The van der Waals surface area contributed by atoms with Gasteiger partial charge in [-0.2, -0.15) is 5.10 Å². The Morgan fingerprint density at radius 1 is 0.947 bits per heavy atom. The van der Waals surface area contributed by atoms with Crippen LogP contribution in [0.5, 0.6) is 0 Å². The van der Waals surface area contributed by atoms with Crippen LogP contribution < -0.4 is 0 Å². The van der Waals surface area contributed by atoms with Gasteiger partial charge in [-0.25, -0.2) is 14.6 Å². The van der Waals surface area contributed by atoms with Crippen LogP contribution in [0.1, 0.15) is 5.56 Å². The predicted molar refractivity (Wildman–Crippen MR) is 74.3 cm³/mol. The summed E-state index contributed by atoms with van der Waals surface area (Å²) in [4.78, 5) is 8.20. The van der Waals surface area contributed by atoms with Gasteiger partial charge in [0.05, 0.1) is 18.1 Å². The van der Waals surface area contributed by atoms with Gasteiger partial charge in [0.1, 0.15) is 16.5 Å². The van der Waals surface area contributed by atoms with E-state index in [9.17, 15) is 0 Å². The predicted octanol–water partition coefficient (Wildman–Crippen LogP) is 3.29. The fourth-order valence-electron chi connectivity index (χ4n) is 1.75. The number of nitrogens with zero attached hydrogens (tertiary/aromatic N) is 4. The number of benzene rings is 1. The Balaban J connectivity index is 1.95. The number of aryl methyl sites for hydroxylation is 1. The summed E-state index contributed by atoms with van der Waals surface area (Å²) in [7, 11) is 0. The lowest BCUT2D eigenvalue weighted by Gasteiger charge is -2.01. The third-order valence-electron chi connectivity index (χ3n) is 2.77. The van der Waals surface area contributed by atoms with Gasteiger partial charge in [-0.3, -0.25) is 0 Å². The Hall–Kier alpha value is -2.20. The largest absolute Gasteiger partial charge is 0.250 e. The maximum atomic E-state index is 5.72. The first-order chi connectivity index (χ1) is 9.22. The second-order valence-corrected chi connectivity index (χ2v) is 4.59. The standard InChI is InChI=1S/C14H11ClN4/c1-10-2-4-11(5-3-10)19-7-6-12(18-19)13-8-17-14(15)9-16-13/h2-9H,1H3. The molecule has 1 aromatic carbocycles. The smallest absolute Gasteiger partial charge is 0.147 e. The van der Waals surface area contributed by atoms with E-state index in [1.807, 2.05) is 29.1 Å². The number of halogens is 1. The molecule has 2 heterocycles. The van der Waals surface area contributed by atoms with Crippen LogP contribution in [0.4, 0.5) is 0 Å². The first-order valence-electron chi connectivity index (χ1n) is 5.83. The van der Waals surface area contributed by atoms with Crippen molar-refractivity contribution < 1.29 is 0 Å². The maximum Gasteiger partial charge on any atom is 0.147 e. The molecule has 0 saturated carbocycles. The van der Waals surface area contributed by atoms with Crippen molar-refractivity contribution in [3.63, 3.8) is 0 Å². The van der Waals surface area contributed by atoms with Crippen LogP contribution in [0.25, 0.3) is 17.1 Å². The van der Waals surface area contributed by atoms with E-state index in [1.165, 1.54) is 11.8 Å². The summed E-state index contributed by atoms with van der Waals surface area (Å²) < 4.78 is 1.81. The Bertz CT molecular complexity index is 626. The third kappa shape index (κ3) is 2.48. The molecule has 0 aliphatic rings. The van der Waals surface area contributed by atoms with Gasteiger partial charge in [-0.15, -0.1) is 0 Å². The van der Waals surface area contributed by atoms with Crippen molar-refractivity contribution in [2.75, 3.05) is 0 Å². The molecule has 5 heteroatoms. The first kappa shape index (κ1) is 11.9. The molecule has 3 rings (SSSR count). The summed E-state index contributed by atoms with van der Waals surface area (Å²) >= 11 is 5.72. The van der Waals surface area contributed by atoms with E-state index in [0.29, 0.717) is 10.8 Å². The second kappa shape index (κ2) is 4.82. The van der Waals surface area contributed by atoms with Crippen molar-refractivity contribution in [3.05, 3.63) is 59.6 Å². The lowest BCUT2D eigenvalue weighted by molar-refractivity contribution is 0.881. The summed E-state index contributed by atoms with van der Waals surface area (Å²) in [6.07, 6.45) is 5.03. The molecule has 0 aliphatic carbocycles. The van der Waals surface area contributed by atoms with Gasteiger partial charge in [-0.1, -0.05) is 29.3 Å². The Morgan fingerprint density at radius 2 is 1.74 bits per heavy atom. The SMILES string of the molecule is Cc1ccc(-n2ccc(-c3cnc(Cl)cn3)n2)cc1. The number of hydrogen-bond acceptors (Lipinski definition) is 3. The summed E-state index contributed by atoms with van der Waals surface area (Å²) in [5.41, 5.74) is 3.71. The topological polar surface area (TPSA) is 43.6 Å². The highest BCUT2D eigenvalue weighted by Gasteiger charge is 2.05. The van der Waals surface area contributed by atoms with Gasteiger partial charge >= 0.3 is 0 Å². The fraction of sp³-hybridized carbons (Fsp3) is 0.0714. The molecule has 0 spiro atoms. The lowest BCUT2D eigenvalue weighted by atomic mass is 10.2. The molecule has 0 atom stereocenters. The molecule has 0 aliphatic heterocycles. The quantitative estimate of drug-likeness (QED) is 0.718. The van der Waals surface area contributed by atoms with Gasteiger partial charge in [-0.05, 0) is 25.1 Å². The van der Waals surface area contributed by atoms with Crippen molar-refractivity contribution >= 4 is 11.6 Å². The van der Waals surface area contributed by atoms with Gasteiger partial charge in [0, 0.05) is 6.20 Å². The Labute approximate surface area is 115 Å². The molecule has 4 nitrogen and oxygen atoms in total. The highest BCUT2D eigenvalue weighted by atomic mass is 35.5. The highest BCUT2D eigenvalue weighted by molar-refractivity contribution is 6.29. The summed E-state index contributed by atoms with van der Waals surface area (Å²) in [5.74, 6) is 0. The van der Waals surface area contributed by atoms with E-state index in [0.717, 1.165) is 11.4 Å². The summed E-state index contributed by atoms with van der Waals surface area (Å²) in [6, 6.07) is 10.1. The maximum absolute atomic E-state index is 5.72. The average molecular weight is 271 g/mol. The molecule has 19 heavy (non-hydrogen) atoms. The van der Waals surface area contributed by atoms with Crippen LogP contribution in [0.3, 0.4) is 0 Å². The van der Waals surface area contributed by atoms with Crippen LogP contribution in [0.2, 0.25) is 5.15 Å². The minimum Gasteiger partial charge on any atom is -0.250 e. The van der Waals surface area contributed by atoms with Gasteiger partial charge in [0.2, 0.25) is 0 Å². The molecule has 0 amide bonds. The molecule has 0 saturated heterocycles. The van der Waals surface area contributed by atoms with Crippen LogP contribution in [-0.2, 0) is 0 Å². The fourth-order valence-corrected chi connectivity index (χ4v) is 1.84. The van der Waals surface area contributed by atoms with E-state index in [-0.39, 0.29) is 0 Å². The van der Waals surface area contributed by atoms with Crippen LogP contribution >= 0.6 is 11.6 Å². The third-order valence-corrected chi connectivity index (χ3v) is 2.97. The molecule has 0 radical (unpaired) electrons. The van der Waals surface area contributed by atoms with Crippen LogP contribution in [-0.4, -0.2) is 19.7 Å². The van der Waals surface area contributed by atoms with E-state index in [1.54, 1.807) is 6.20 Å². The monoisotopic (exact) mass is 270 g/mol. The molecule has 0 bridgehead atoms. The number of rotatable bonds is 2.